The maximum absolute atomic E-state index is 13.1. The van der Waals surface area contributed by atoms with E-state index in [1.54, 1.807) is 17.8 Å². The van der Waals surface area contributed by atoms with E-state index in [9.17, 15) is 4.39 Å². The predicted octanol–water partition coefficient (Wildman–Crippen LogP) is 3.98. The molecule has 0 amide bonds. The van der Waals surface area contributed by atoms with Crippen LogP contribution in [-0.2, 0) is 5.75 Å². The molecule has 4 nitrogen and oxygen atoms in total. The Labute approximate surface area is 129 Å². The molecule has 0 atom stereocenters. The van der Waals surface area contributed by atoms with Crippen LogP contribution in [0.5, 0.6) is 0 Å². The fourth-order valence-electron chi connectivity index (χ4n) is 2.44. The molecular formula is C13H14BrFN4S. The van der Waals surface area contributed by atoms with Crippen molar-refractivity contribution in [1.82, 2.24) is 20.2 Å². The highest BCUT2D eigenvalue weighted by atomic mass is 79.9. The lowest BCUT2D eigenvalue weighted by Gasteiger charge is -2.11. The molecule has 1 heterocycles. The lowest BCUT2D eigenvalue weighted by atomic mass is 10.2. The van der Waals surface area contributed by atoms with E-state index >= 15 is 0 Å². The largest absolute Gasteiger partial charge is 0.217 e. The number of rotatable bonds is 4. The molecule has 106 valence electrons. The topological polar surface area (TPSA) is 43.6 Å². The number of benzene rings is 1. The van der Waals surface area contributed by atoms with Gasteiger partial charge in [-0.3, -0.25) is 0 Å². The van der Waals surface area contributed by atoms with Crippen LogP contribution in [0.1, 0.15) is 37.3 Å². The Bertz CT molecular complexity index is 598. The predicted molar refractivity (Wildman–Crippen MR) is 79.0 cm³/mol. The summed E-state index contributed by atoms with van der Waals surface area (Å²) in [4.78, 5) is 0. The minimum Gasteiger partial charge on any atom is -0.217 e. The first-order valence-electron chi connectivity index (χ1n) is 6.58. The zero-order valence-electron chi connectivity index (χ0n) is 10.8. The van der Waals surface area contributed by atoms with Gasteiger partial charge in [0.25, 0.3) is 0 Å². The molecule has 0 spiro atoms. The van der Waals surface area contributed by atoms with Crippen molar-refractivity contribution in [1.29, 1.82) is 0 Å². The number of hydrogen-bond donors (Lipinski definition) is 0. The van der Waals surface area contributed by atoms with Gasteiger partial charge < -0.3 is 0 Å². The summed E-state index contributed by atoms with van der Waals surface area (Å²) in [5.41, 5.74) is 1.04. The minimum absolute atomic E-state index is 0.235. The van der Waals surface area contributed by atoms with Crippen LogP contribution in [0.4, 0.5) is 4.39 Å². The van der Waals surface area contributed by atoms with Gasteiger partial charge in [0.05, 0.1) is 6.04 Å². The van der Waals surface area contributed by atoms with E-state index < -0.39 is 0 Å². The highest BCUT2D eigenvalue weighted by Gasteiger charge is 2.21. The SMILES string of the molecule is Fc1ccc(CSc2nnnn2C2CCCC2)c(Br)c1. The number of aromatic nitrogens is 4. The molecule has 1 aromatic heterocycles. The van der Waals surface area contributed by atoms with Crippen molar-refractivity contribution < 1.29 is 4.39 Å². The van der Waals surface area contributed by atoms with Gasteiger partial charge >= 0.3 is 0 Å². The van der Waals surface area contributed by atoms with Gasteiger partial charge in [-0.1, -0.05) is 46.6 Å². The molecule has 1 aromatic carbocycles. The van der Waals surface area contributed by atoms with Crippen molar-refractivity contribution in [3.05, 3.63) is 34.1 Å². The van der Waals surface area contributed by atoms with Gasteiger partial charge in [-0.2, -0.15) is 0 Å². The number of hydrogen-bond acceptors (Lipinski definition) is 4. The molecule has 0 unspecified atom stereocenters. The van der Waals surface area contributed by atoms with Crippen LogP contribution in [0.25, 0.3) is 0 Å². The molecule has 1 aliphatic carbocycles. The molecule has 7 heteroatoms. The summed E-state index contributed by atoms with van der Waals surface area (Å²) in [6.45, 7) is 0. The molecule has 0 aliphatic heterocycles. The van der Waals surface area contributed by atoms with Crippen molar-refractivity contribution in [3.8, 4) is 0 Å². The molecule has 0 saturated heterocycles. The fraction of sp³-hybridized carbons (Fsp3) is 0.462. The molecule has 2 aromatic rings. The second-order valence-corrected chi connectivity index (χ2v) is 6.67. The fourth-order valence-corrected chi connectivity index (χ4v) is 4.06. The number of tetrazole rings is 1. The zero-order valence-corrected chi connectivity index (χ0v) is 13.2. The van der Waals surface area contributed by atoms with Crippen molar-refractivity contribution in [2.24, 2.45) is 0 Å². The summed E-state index contributed by atoms with van der Waals surface area (Å²) < 4.78 is 15.8. The van der Waals surface area contributed by atoms with E-state index in [1.165, 1.54) is 25.0 Å². The Hall–Kier alpha value is -0.950. The second kappa shape index (κ2) is 6.22. The second-order valence-electron chi connectivity index (χ2n) is 4.87. The first-order valence-corrected chi connectivity index (χ1v) is 8.36. The van der Waals surface area contributed by atoms with Gasteiger partial charge in [0.15, 0.2) is 0 Å². The van der Waals surface area contributed by atoms with Crippen LogP contribution in [0, 0.1) is 5.82 Å². The normalized spacial score (nSPS) is 15.9. The van der Waals surface area contributed by atoms with Crippen molar-refractivity contribution in [3.63, 3.8) is 0 Å². The summed E-state index contributed by atoms with van der Waals surface area (Å²) in [6.07, 6.45) is 4.80. The number of halogens is 2. The summed E-state index contributed by atoms with van der Waals surface area (Å²) in [5, 5.41) is 12.8. The maximum atomic E-state index is 13.1. The van der Waals surface area contributed by atoms with Crippen molar-refractivity contribution in [2.75, 3.05) is 0 Å². The van der Waals surface area contributed by atoms with Gasteiger partial charge in [0.2, 0.25) is 5.16 Å². The number of nitrogens with zero attached hydrogens (tertiary/aromatic N) is 4. The monoisotopic (exact) mass is 356 g/mol. The van der Waals surface area contributed by atoms with Gasteiger partial charge in [-0.15, -0.1) is 5.10 Å². The van der Waals surface area contributed by atoms with E-state index in [4.69, 9.17) is 0 Å². The Morgan fingerprint density at radius 3 is 2.90 bits per heavy atom. The number of thioether (sulfide) groups is 1. The Balaban J connectivity index is 1.70. The Kier molecular flexibility index (Phi) is 4.35. The van der Waals surface area contributed by atoms with Crippen LogP contribution in [-0.4, -0.2) is 20.2 Å². The summed E-state index contributed by atoms with van der Waals surface area (Å²) >= 11 is 4.97. The van der Waals surface area contributed by atoms with Gasteiger partial charge in [-0.25, -0.2) is 9.07 Å². The summed E-state index contributed by atoms with van der Waals surface area (Å²) in [5.74, 6) is 0.481. The lowest BCUT2D eigenvalue weighted by Crippen LogP contribution is -2.08. The molecular weight excluding hydrogens is 343 g/mol. The van der Waals surface area contributed by atoms with Crippen LogP contribution >= 0.6 is 27.7 Å². The highest BCUT2D eigenvalue weighted by molar-refractivity contribution is 9.10. The third-order valence-electron chi connectivity index (χ3n) is 3.51. The van der Waals surface area contributed by atoms with Crippen LogP contribution < -0.4 is 0 Å². The maximum Gasteiger partial charge on any atom is 0.209 e. The van der Waals surface area contributed by atoms with Gasteiger partial charge in [0.1, 0.15) is 5.82 Å². The smallest absolute Gasteiger partial charge is 0.209 e. The molecule has 1 aliphatic rings. The lowest BCUT2D eigenvalue weighted by molar-refractivity contribution is 0.423. The van der Waals surface area contributed by atoms with Crippen molar-refractivity contribution in [2.45, 2.75) is 42.6 Å². The van der Waals surface area contributed by atoms with Crippen molar-refractivity contribution >= 4 is 27.7 Å². The average molecular weight is 357 g/mol. The summed E-state index contributed by atoms with van der Waals surface area (Å²) in [7, 11) is 0. The Morgan fingerprint density at radius 2 is 2.15 bits per heavy atom. The van der Waals surface area contributed by atoms with Gasteiger partial charge in [-0.05, 0) is 41.0 Å². The quantitative estimate of drug-likeness (QED) is 0.777. The highest BCUT2D eigenvalue weighted by Crippen LogP contribution is 2.33. The molecule has 0 radical (unpaired) electrons. The van der Waals surface area contributed by atoms with Crippen LogP contribution in [0.2, 0.25) is 0 Å². The first-order chi connectivity index (χ1) is 9.74. The minimum atomic E-state index is -0.235. The van der Waals surface area contributed by atoms with E-state index in [1.807, 2.05) is 4.68 Å². The molecule has 3 rings (SSSR count). The molecule has 0 bridgehead atoms. The molecule has 0 N–H and O–H groups in total. The third-order valence-corrected chi connectivity index (χ3v) is 5.23. The average Bonchev–Trinajstić information content (AvgIpc) is 3.08. The first kappa shape index (κ1) is 14.0. The van der Waals surface area contributed by atoms with Crippen LogP contribution in [0.3, 0.4) is 0 Å². The molecule has 20 heavy (non-hydrogen) atoms. The van der Waals surface area contributed by atoms with Gasteiger partial charge in [0, 0.05) is 10.2 Å². The van der Waals surface area contributed by atoms with E-state index in [-0.39, 0.29) is 5.82 Å². The molecule has 1 saturated carbocycles. The van der Waals surface area contributed by atoms with E-state index in [0.29, 0.717) is 11.8 Å². The summed E-state index contributed by atoms with van der Waals surface area (Å²) in [6, 6.07) is 5.18. The van der Waals surface area contributed by atoms with E-state index in [2.05, 4.69) is 31.5 Å². The Morgan fingerprint density at radius 1 is 1.35 bits per heavy atom. The third kappa shape index (κ3) is 3.03. The van der Waals surface area contributed by atoms with E-state index in [0.717, 1.165) is 28.0 Å². The zero-order chi connectivity index (χ0) is 13.9. The molecule has 1 fully saturated rings. The standard InChI is InChI=1S/C13H14BrFN4S/c14-12-7-10(15)6-5-9(12)8-20-13-16-17-18-19(13)11-3-1-2-4-11/h5-7,11H,1-4,8H2. The van der Waals surface area contributed by atoms with Crippen LogP contribution in [0.15, 0.2) is 27.8 Å².